The number of halogens is 1. The molecule has 3 rings (SSSR count). The fraction of sp³-hybridized carbons (Fsp3) is 0.364. The van der Waals surface area contributed by atoms with Gasteiger partial charge in [0, 0.05) is 18.1 Å². The van der Waals surface area contributed by atoms with E-state index in [-0.39, 0.29) is 0 Å². The third-order valence-corrected chi connectivity index (χ3v) is 5.02. The molecule has 0 fully saturated rings. The van der Waals surface area contributed by atoms with Crippen molar-refractivity contribution in [2.24, 2.45) is 0 Å². The quantitative estimate of drug-likeness (QED) is 0.749. The standard InChI is InChI=1S/C22H24ClNO3/c1-25-20-7-6-19(23)13-18(20)5-4-10-24-11-8-16-14-21(26-2)22(27-3)15-17(16)9-12-24/h6-7,13-15H,8-12H2,1-3H3. The molecule has 2 aromatic carbocycles. The van der Waals surface area contributed by atoms with E-state index in [1.807, 2.05) is 12.1 Å². The first-order valence-electron chi connectivity index (χ1n) is 8.93. The maximum Gasteiger partial charge on any atom is 0.161 e. The molecule has 0 spiro atoms. The zero-order chi connectivity index (χ0) is 19.2. The molecular formula is C22H24ClNO3. The maximum atomic E-state index is 6.07. The molecule has 0 atom stereocenters. The number of nitrogens with zero attached hydrogens (tertiary/aromatic N) is 1. The number of fused-ring (bicyclic) bond motifs is 1. The molecule has 0 aromatic heterocycles. The van der Waals surface area contributed by atoms with Crippen LogP contribution in [0, 0.1) is 11.8 Å². The van der Waals surface area contributed by atoms with Crippen molar-refractivity contribution < 1.29 is 14.2 Å². The summed E-state index contributed by atoms with van der Waals surface area (Å²) >= 11 is 6.07. The number of hydrogen-bond acceptors (Lipinski definition) is 4. The summed E-state index contributed by atoms with van der Waals surface area (Å²) in [6.07, 6.45) is 1.94. The lowest BCUT2D eigenvalue weighted by atomic mass is 10.0. The Bertz CT molecular complexity index is 835. The molecule has 1 aliphatic heterocycles. The highest BCUT2D eigenvalue weighted by Crippen LogP contribution is 2.32. The van der Waals surface area contributed by atoms with Crippen molar-refractivity contribution in [3.63, 3.8) is 0 Å². The average molecular weight is 386 g/mol. The molecule has 27 heavy (non-hydrogen) atoms. The second kappa shape index (κ2) is 9.03. The Labute approximate surface area is 166 Å². The van der Waals surface area contributed by atoms with E-state index in [1.54, 1.807) is 27.4 Å². The van der Waals surface area contributed by atoms with Crippen LogP contribution in [0.3, 0.4) is 0 Å². The van der Waals surface area contributed by atoms with Gasteiger partial charge in [0.1, 0.15) is 5.75 Å². The van der Waals surface area contributed by atoms with Crippen LogP contribution >= 0.6 is 11.6 Å². The molecule has 142 valence electrons. The van der Waals surface area contributed by atoms with Gasteiger partial charge in [-0.15, -0.1) is 0 Å². The lowest BCUT2D eigenvalue weighted by Gasteiger charge is -2.15. The SMILES string of the molecule is COc1ccc(Cl)cc1C#CCN1CCc2cc(OC)c(OC)cc2CC1. The van der Waals surface area contributed by atoms with Crippen molar-refractivity contribution >= 4 is 11.6 Å². The minimum atomic E-state index is 0.660. The first-order chi connectivity index (χ1) is 13.1. The summed E-state index contributed by atoms with van der Waals surface area (Å²) in [4.78, 5) is 2.36. The number of methoxy groups -OCH3 is 3. The fourth-order valence-corrected chi connectivity index (χ4v) is 3.45. The summed E-state index contributed by atoms with van der Waals surface area (Å²) in [7, 11) is 4.99. The summed E-state index contributed by atoms with van der Waals surface area (Å²) in [5, 5.41) is 0.660. The van der Waals surface area contributed by atoms with Crippen molar-refractivity contribution in [3.05, 3.63) is 52.0 Å². The fourth-order valence-electron chi connectivity index (χ4n) is 3.28. The first kappa shape index (κ1) is 19.4. The Morgan fingerprint density at radius 1 is 0.889 bits per heavy atom. The predicted molar refractivity (Wildman–Crippen MR) is 108 cm³/mol. The summed E-state index contributed by atoms with van der Waals surface area (Å²) < 4.78 is 16.2. The Kier molecular flexibility index (Phi) is 6.49. The smallest absolute Gasteiger partial charge is 0.161 e. The van der Waals surface area contributed by atoms with Crippen molar-refractivity contribution in [1.29, 1.82) is 0 Å². The normalized spacial score (nSPS) is 13.8. The van der Waals surface area contributed by atoms with E-state index in [4.69, 9.17) is 25.8 Å². The summed E-state index contributed by atoms with van der Waals surface area (Å²) in [5.74, 6) is 8.77. The van der Waals surface area contributed by atoms with Crippen molar-refractivity contribution in [2.45, 2.75) is 12.8 Å². The predicted octanol–water partition coefficient (Wildman–Crippen LogP) is 3.82. The van der Waals surface area contributed by atoms with Crippen molar-refractivity contribution in [3.8, 4) is 29.1 Å². The Hall–Kier alpha value is -2.35. The highest BCUT2D eigenvalue weighted by atomic mass is 35.5. The molecule has 0 amide bonds. The Balaban J connectivity index is 1.69. The van der Waals surface area contributed by atoms with Gasteiger partial charge in [-0.2, -0.15) is 0 Å². The number of ether oxygens (including phenoxy) is 3. The number of benzene rings is 2. The van der Waals surface area contributed by atoms with Gasteiger partial charge in [-0.25, -0.2) is 0 Å². The van der Waals surface area contributed by atoms with Crippen molar-refractivity contribution in [1.82, 2.24) is 4.90 Å². The van der Waals surface area contributed by atoms with Crippen LogP contribution < -0.4 is 14.2 Å². The van der Waals surface area contributed by atoms with E-state index in [2.05, 4.69) is 28.9 Å². The zero-order valence-electron chi connectivity index (χ0n) is 16.0. The van der Waals surface area contributed by atoms with Crippen LogP contribution in [-0.4, -0.2) is 45.9 Å². The summed E-state index contributed by atoms with van der Waals surface area (Å²) in [6, 6.07) is 9.68. The van der Waals surface area contributed by atoms with Crippen LogP contribution in [0.4, 0.5) is 0 Å². The van der Waals surface area contributed by atoms with Gasteiger partial charge in [-0.05, 0) is 54.3 Å². The van der Waals surface area contributed by atoms with Gasteiger partial charge in [-0.1, -0.05) is 23.4 Å². The molecule has 1 heterocycles. The van der Waals surface area contributed by atoms with Crippen LogP contribution in [0.15, 0.2) is 30.3 Å². The highest BCUT2D eigenvalue weighted by molar-refractivity contribution is 6.30. The Morgan fingerprint density at radius 2 is 1.48 bits per heavy atom. The number of rotatable bonds is 4. The molecule has 0 radical (unpaired) electrons. The van der Waals surface area contributed by atoms with E-state index >= 15 is 0 Å². The average Bonchev–Trinajstić information content (AvgIpc) is 2.89. The van der Waals surface area contributed by atoms with E-state index in [0.717, 1.165) is 48.7 Å². The molecule has 0 saturated heterocycles. The van der Waals surface area contributed by atoms with E-state index in [9.17, 15) is 0 Å². The monoisotopic (exact) mass is 385 g/mol. The topological polar surface area (TPSA) is 30.9 Å². The molecule has 0 N–H and O–H groups in total. The summed E-state index contributed by atoms with van der Waals surface area (Å²) in [5.41, 5.74) is 3.46. The summed E-state index contributed by atoms with van der Waals surface area (Å²) in [6.45, 7) is 2.63. The van der Waals surface area contributed by atoms with Crippen molar-refractivity contribution in [2.75, 3.05) is 41.0 Å². The molecule has 1 aliphatic rings. The largest absolute Gasteiger partial charge is 0.495 e. The molecule has 0 bridgehead atoms. The number of hydrogen-bond donors (Lipinski definition) is 0. The zero-order valence-corrected chi connectivity index (χ0v) is 16.7. The third kappa shape index (κ3) is 4.68. The maximum absolute atomic E-state index is 6.07. The molecule has 5 heteroatoms. The molecule has 0 saturated carbocycles. The first-order valence-corrected chi connectivity index (χ1v) is 9.31. The third-order valence-electron chi connectivity index (χ3n) is 4.79. The second-order valence-corrected chi connectivity index (χ2v) is 6.83. The molecule has 0 aliphatic carbocycles. The second-order valence-electron chi connectivity index (χ2n) is 6.40. The van der Waals surface area contributed by atoms with Gasteiger partial charge in [0.2, 0.25) is 0 Å². The van der Waals surface area contributed by atoms with E-state index in [0.29, 0.717) is 11.6 Å². The van der Waals surface area contributed by atoms with Crippen LogP contribution in [0.1, 0.15) is 16.7 Å². The Morgan fingerprint density at radius 3 is 2.04 bits per heavy atom. The van der Waals surface area contributed by atoms with Crippen LogP contribution in [0.25, 0.3) is 0 Å². The highest BCUT2D eigenvalue weighted by Gasteiger charge is 2.16. The lowest BCUT2D eigenvalue weighted by molar-refractivity contribution is 0.323. The molecule has 2 aromatic rings. The van der Waals surface area contributed by atoms with Crippen LogP contribution in [-0.2, 0) is 12.8 Å². The molecular weight excluding hydrogens is 362 g/mol. The molecule has 0 unspecified atom stereocenters. The van der Waals surface area contributed by atoms with Gasteiger partial charge >= 0.3 is 0 Å². The van der Waals surface area contributed by atoms with E-state index in [1.165, 1.54) is 11.1 Å². The van der Waals surface area contributed by atoms with E-state index < -0.39 is 0 Å². The van der Waals surface area contributed by atoms with Crippen LogP contribution in [0.5, 0.6) is 17.2 Å². The minimum Gasteiger partial charge on any atom is -0.495 e. The molecule has 4 nitrogen and oxygen atoms in total. The van der Waals surface area contributed by atoms with Gasteiger partial charge in [0.05, 0.1) is 33.4 Å². The van der Waals surface area contributed by atoms with Gasteiger partial charge in [0.25, 0.3) is 0 Å². The van der Waals surface area contributed by atoms with Gasteiger partial charge in [-0.3, -0.25) is 4.90 Å². The minimum absolute atomic E-state index is 0.660. The van der Waals surface area contributed by atoms with Gasteiger partial charge < -0.3 is 14.2 Å². The van der Waals surface area contributed by atoms with Crippen LogP contribution in [0.2, 0.25) is 5.02 Å². The lowest BCUT2D eigenvalue weighted by Crippen LogP contribution is -2.26. The van der Waals surface area contributed by atoms with Gasteiger partial charge in [0.15, 0.2) is 11.5 Å².